The molecule has 3 heteroatoms. The number of benzene rings is 1. The number of nitrogens with one attached hydrogen (secondary N) is 1. The van der Waals surface area contributed by atoms with Crippen LogP contribution in [0.5, 0.6) is 0 Å². The van der Waals surface area contributed by atoms with Crippen LogP contribution in [-0.2, 0) is 22.4 Å². The predicted octanol–water partition coefficient (Wildman–Crippen LogP) is 2.72. The fourth-order valence-corrected chi connectivity index (χ4v) is 2.92. The van der Waals surface area contributed by atoms with E-state index in [1.54, 1.807) is 0 Å². The van der Waals surface area contributed by atoms with Gasteiger partial charge in [0, 0.05) is 6.04 Å². The Morgan fingerprint density at radius 3 is 2.75 bits per heavy atom. The molecule has 0 aromatic heterocycles. The van der Waals surface area contributed by atoms with E-state index >= 15 is 0 Å². The Labute approximate surface area is 121 Å². The van der Waals surface area contributed by atoms with E-state index in [9.17, 15) is 4.79 Å². The summed E-state index contributed by atoms with van der Waals surface area (Å²) in [5, 5.41) is 3.52. The second-order valence-corrected chi connectivity index (χ2v) is 5.76. The van der Waals surface area contributed by atoms with E-state index in [-0.39, 0.29) is 12.0 Å². The van der Waals surface area contributed by atoms with Crippen molar-refractivity contribution in [2.75, 3.05) is 7.11 Å². The van der Waals surface area contributed by atoms with Gasteiger partial charge in [-0.15, -0.1) is 0 Å². The van der Waals surface area contributed by atoms with Gasteiger partial charge in [0.05, 0.1) is 7.11 Å². The Hall–Kier alpha value is -1.35. The standard InChI is InChI=1S/C17H25NO2/c1-4-12(2)16(17(19)20-3)18-15-10-9-13-7-5-6-8-14(13)11-15/h5-8,12,15-16,18H,4,9-11H2,1-3H3. The molecule has 110 valence electrons. The highest BCUT2D eigenvalue weighted by Crippen LogP contribution is 2.22. The van der Waals surface area contributed by atoms with Gasteiger partial charge in [0.15, 0.2) is 0 Å². The fourth-order valence-electron chi connectivity index (χ4n) is 2.92. The Kier molecular flexibility index (Phi) is 5.18. The van der Waals surface area contributed by atoms with Gasteiger partial charge >= 0.3 is 5.97 Å². The molecule has 0 radical (unpaired) electrons. The Bertz CT molecular complexity index is 458. The normalized spacial score (nSPS) is 20.9. The van der Waals surface area contributed by atoms with Gasteiger partial charge in [0.1, 0.15) is 6.04 Å². The van der Waals surface area contributed by atoms with Crippen LogP contribution in [0.15, 0.2) is 24.3 Å². The first kappa shape index (κ1) is 15.0. The third-order valence-electron chi connectivity index (χ3n) is 4.43. The van der Waals surface area contributed by atoms with Crippen LogP contribution in [0.25, 0.3) is 0 Å². The van der Waals surface area contributed by atoms with E-state index in [0.717, 1.165) is 25.7 Å². The molecule has 0 heterocycles. The first-order chi connectivity index (χ1) is 9.65. The monoisotopic (exact) mass is 275 g/mol. The van der Waals surface area contributed by atoms with Gasteiger partial charge in [-0.1, -0.05) is 44.5 Å². The number of carbonyl (C=O) groups is 1. The highest BCUT2D eigenvalue weighted by Gasteiger charge is 2.29. The van der Waals surface area contributed by atoms with Crippen molar-refractivity contribution in [1.82, 2.24) is 5.32 Å². The van der Waals surface area contributed by atoms with Crippen molar-refractivity contribution in [2.45, 2.75) is 51.6 Å². The minimum Gasteiger partial charge on any atom is -0.468 e. The molecule has 0 saturated heterocycles. The van der Waals surface area contributed by atoms with Crippen molar-refractivity contribution in [3.8, 4) is 0 Å². The maximum Gasteiger partial charge on any atom is 0.323 e. The zero-order valence-corrected chi connectivity index (χ0v) is 12.7. The van der Waals surface area contributed by atoms with Crippen molar-refractivity contribution < 1.29 is 9.53 Å². The molecule has 0 amide bonds. The van der Waals surface area contributed by atoms with Gasteiger partial charge in [0.25, 0.3) is 0 Å². The zero-order valence-electron chi connectivity index (χ0n) is 12.7. The lowest BCUT2D eigenvalue weighted by Gasteiger charge is -2.31. The van der Waals surface area contributed by atoms with Gasteiger partial charge in [-0.3, -0.25) is 4.79 Å². The lowest BCUT2D eigenvalue weighted by Crippen LogP contribution is -2.49. The van der Waals surface area contributed by atoms with Crippen LogP contribution >= 0.6 is 0 Å². The van der Waals surface area contributed by atoms with E-state index in [1.165, 1.54) is 18.2 Å². The van der Waals surface area contributed by atoms with Crippen LogP contribution in [0.1, 0.15) is 37.8 Å². The van der Waals surface area contributed by atoms with Crippen LogP contribution in [0, 0.1) is 5.92 Å². The molecule has 0 bridgehead atoms. The second-order valence-electron chi connectivity index (χ2n) is 5.76. The molecule has 3 nitrogen and oxygen atoms in total. The Morgan fingerprint density at radius 1 is 1.40 bits per heavy atom. The number of methoxy groups -OCH3 is 1. The first-order valence-corrected chi connectivity index (χ1v) is 7.56. The number of fused-ring (bicyclic) bond motifs is 1. The molecular formula is C17H25NO2. The molecule has 0 spiro atoms. The molecule has 3 atom stereocenters. The number of esters is 1. The minimum atomic E-state index is -0.194. The summed E-state index contributed by atoms with van der Waals surface area (Å²) in [7, 11) is 1.47. The molecule has 2 rings (SSSR count). The summed E-state index contributed by atoms with van der Waals surface area (Å²) in [4.78, 5) is 11.9. The van der Waals surface area contributed by atoms with E-state index in [1.807, 2.05) is 0 Å². The fraction of sp³-hybridized carbons (Fsp3) is 0.588. The topological polar surface area (TPSA) is 38.3 Å². The SMILES string of the molecule is CCC(C)C(NC1CCc2ccccc2C1)C(=O)OC. The average molecular weight is 275 g/mol. The quantitative estimate of drug-likeness (QED) is 0.840. The summed E-state index contributed by atoms with van der Waals surface area (Å²) in [5.74, 6) is 0.151. The largest absolute Gasteiger partial charge is 0.468 e. The van der Waals surface area contributed by atoms with Crippen molar-refractivity contribution in [3.05, 3.63) is 35.4 Å². The Balaban J connectivity index is 2.04. The molecule has 0 fully saturated rings. The number of carbonyl (C=O) groups excluding carboxylic acids is 1. The van der Waals surface area contributed by atoms with E-state index in [4.69, 9.17) is 4.74 Å². The maximum absolute atomic E-state index is 11.9. The van der Waals surface area contributed by atoms with Crippen molar-refractivity contribution in [3.63, 3.8) is 0 Å². The molecule has 1 N–H and O–H groups in total. The summed E-state index contributed by atoms with van der Waals surface area (Å²) in [6.45, 7) is 4.21. The van der Waals surface area contributed by atoms with E-state index in [0.29, 0.717) is 12.0 Å². The van der Waals surface area contributed by atoms with Crippen LogP contribution in [0.4, 0.5) is 0 Å². The zero-order chi connectivity index (χ0) is 14.5. The molecular weight excluding hydrogens is 250 g/mol. The van der Waals surface area contributed by atoms with E-state index in [2.05, 4.69) is 43.4 Å². The Morgan fingerprint density at radius 2 is 2.10 bits per heavy atom. The molecule has 0 aliphatic heterocycles. The summed E-state index contributed by atoms with van der Waals surface area (Å²) >= 11 is 0. The van der Waals surface area contributed by atoms with Gasteiger partial charge in [0.2, 0.25) is 0 Å². The molecule has 20 heavy (non-hydrogen) atoms. The minimum absolute atomic E-state index is 0.141. The molecule has 1 aromatic carbocycles. The summed E-state index contributed by atoms with van der Waals surface area (Å²) in [5.41, 5.74) is 2.85. The van der Waals surface area contributed by atoms with Crippen molar-refractivity contribution >= 4 is 5.97 Å². The van der Waals surface area contributed by atoms with Crippen molar-refractivity contribution in [1.29, 1.82) is 0 Å². The number of hydrogen-bond donors (Lipinski definition) is 1. The molecule has 1 aliphatic carbocycles. The van der Waals surface area contributed by atoms with Gasteiger partial charge < -0.3 is 10.1 Å². The third-order valence-corrected chi connectivity index (χ3v) is 4.43. The maximum atomic E-state index is 11.9. The van der Waals surface area contributed by atoms with Crippen LogP contribution < -0.4 is 5.32 Å². The first-order valence-electron chi connectivity index (χ1n) is 7.56. The third kappa shape index (κ3) is 3.40. The number of hydrogen-bond acceptors (Lipinski definition) is 3. The van der Waals surface area contributed by atoms with Crippen LogP contribution in [0.2, 0.25) is 0 Å². The molecule has 3 unspecified atom stereocenters. The highest BCUT2D eigenvalue weighted by atomic mass is 16.5. The summed E-state index contributed by atoms with van der Waals surface area (Å²) in [6.07, 6.45) is 4.14. The van der Waals surface area contributed by atoms with Crippen LogP contribution in [-0.4, -0.2) is 25.2 Å². The van der Waals surface area contributed by atoms with Crippen molar-refractivity contribution in [2.24, 2.45) is 5.92 Å². The summed E-state index contributed by atoms with van der Waals surface area (Å²) < 4.78 is 4.94. The average Bonchev–Trinajstić information content (AvgIpc) is 2.51. The lowest BCUT2D eigenvalue weighted by atomic mass is 9.87. The second kappa shape index (κ2) is 6.89. The molecule has 1 aliphatic rings. The van der Waals surface area contributed by atoms with Gasteiger partial charge in [-0.25, -0.2) is 0 Å². The van der Waals surface area contributed by atoms with E-state index < -0.39 is 0 Å². The molecule has 1 aromatic rings. The van der Waals surface area contributed by atoms with Gasteiger partial charge in [-0.05, 0) is 36.3 Å². The number of rotatable bonds is 5. The smallest absolute Gasteiger partial charge is 0.323 e. The highest BCUT2D eigenvalue weighted by molar-refractivity contribution is 5.76. The summed E-state index contributed by atoms with van der Waals surface area (Å²) in [6, 6.07) is 8.76. The number of ether oxygens (including phenoxy) is 1. The lowest BCUT2D eigenvalue weighted by molar-refractivity contribution is -0.144. The number of aryl methyl sites for hydroxylation is 1. The van der Waals surface area contributed by atoms with Crippen LogP contribution in [0.3, 0.4) is 0 Å². The predicted molar refractivity (Wildman–Crippen MR) is 80.6 cm³/mol. The molecule has 0 saturated carbocycles. The van der Waals surface area contributed by atoms with Gasteiger partial charge in [-0.2, -0.15) is 0 Å².